The fourth-order valence-corrected chi connectivity index (χ4v) is 3.73. The Hall–Kier alpha value is -2.12. The second kappa shape index (κ2) is 11.1. The predicted molar refractivity (Wildman–Crippen MR) is 127 cm³/mol. The molecule has 1 aliphatic heterocycles. The van der Waals surface area contributed by atoms with Gasteiger partial charge in [0.25, 0.3) is 0 Å². The van der Waals surface area contributed by atoms with Gasteiger partial charge in [-0.1, -0.05) is 35.0 Å². The number of aliphatic hydroxyl groups excluding tert-OH is 1. The number of oxime groups is 1. The molecule has 1 heterocycles. The van der Waals surface area contributed by atoms with Crippen LogP contribution < -0.4 is 4.74 Å². The van der Waals surface area contributed by atoms with Gasteiger partial charge in [0.2, 0.25) is 0 Å². The number of aliphatic hydroxyl groups is 1. The highest BCUT2D eigenvalue weighted by atomic mass is 35.5. The van der Waals surface area contributed by atoms with Gasteiger partial charge in [-0.3, -0.25) is 4.90 Å². The van der Waals surface area contributed by atoms with Crippen LogP contribution in [0.15, 0.2) is 53.7 Å². The van der Waals surface area contributed by atoms with Crippen LogP contribution in [0.1, 0.15) is 38.3 Å². The van der Waals surface area contributed by atoms with E-state index >= 15 is 0 Å². The van der Waals surface area contributed by atoms with E-state index in [1.54, 1.807) is 7.11 Å². The molecule has 0 unspecified atom stereocenters. The highest BCUT2D eigenvalue weighted by Crippen LogP contribution is 2.22. The fraction of sp³-hybridized carbons (Fsp3) is 0.480. The predicted octanol–water partition coefficient (Wildman–Crippen LogP) is 4.52. The third kappa shape index (κ3) is 7.48. The minimum Gasteiger partial charge on any atom is -0.497 e. The molecule has 0 saturated heterocycles. The van der Waals surface area contributed by atoms with Crippen LogP contribution in [0.2, 0.25) is 5.02 Å². The van der Waals surface area contributed by atoms with E-state index in [1.807, 2.05) is 69.3 Å². The smallest absolute Gasteiger partial charge is 0.145 e. The molecule has 0 aromatic heterocycles. The zero-order valence-corrected chi connectivity index (χ0v) is 20.0. The van der Waals surface area contributed by atoms with E-state index < -0.39 is 6.10 Å². The van der Waals surface area contributed by atoms with E-state index in [0.29, 0.717) is 31.1 Å². The highest BCUT2D eigenvalue weighted by molar-refractivity contribution is 6.31. The lowest BCUT2D eigenvalue weighted by molar-refractivity contribution is -0.0600. The summed E-state index contributed by atoms with van der Waals surface area (Å²) in [5.41, 5.74) is 2.63. The van der Waals surface area contributed by atoms with E-state index in [2.05, 4.69) is 10.1 Å². The van der Waals surface area contributed by atoms with E-state index in [9.17, 15) is 5.11 Å². The van der Waals surface area contributed by atoms with Crippen LogP contribution in [0, 0.1) is 0 Å². The topological polar surface area (TPSA) is 63.5 Å². The second-order valence-electron chi connectivity index (χ2n) is 9.06. The first-order valence-corrected chi connectivity index (χ1v) is 11.3. The summed E-state index contributed by atoms with van der Waals surface area (Å²) in [6, 6.07) is 15.6. The molecule has 0 amide bonds. The first-order valence-electron chi connectivity index (χ1n) is 10.9. The summed E-state index contributed by atoms with van der Waals surface area (Å²) in [5.74, 6) is 0.808. The molecule has 0 saturated carbocycles. The van der Waals surface area contributed by atoms with Gasteiger partial charge >= 0.3 is 0 Å². The van der Waals surface area contributed by atoms with E-state index in [-0.39, 0.29) is 18.3 Å². The molecule has 0 aliphatic carbocycles. The van der Waals surface area contributed by atoms with Crippen molar-refractivity contribution in [1.29, 1.82) is 0 Å². The average molecular weight is 461 g/mol. The quantitative estimate of drug-likeness (QED) is 0.564. The van der Waals surface area contributed by atoms with Crippen molar-refractivity contribution in [1.82, 2.24) is 4.90 Å². The molecular formula is C25H33ClN2O4. The summed E-state index contributed by atoms with van der Waals surface area (Å²) in [5, 5.41) is 15.6. The Morgan fingerprint density at radius 3 is 2.56 bits per heavy atom. The molecule has 1 aliphatic rings. The SMILES string of the molecule is COc1ccc(C2=NO[C@@H](CN(Cc3ccccc3Cl)C[C@@H](O)COC(C)(C)C)C2)cc1. The summed E-state index contributed by atoms with van der Waals surface area (Å²) >= 11 is 6.39. The van der Waals surface area contributed by atoms with Gasteiger partial charge in [0.1, 0.15) is 11.9 Å². The minimum absolute atomic E-state index is 0.106. The molecular weight excluding hydrogens is 428 g/mol. The normalized spacial score (nSPS) is 17.2. The van der Waals surface area contributed by atoms with Gasteiger partial charge in [0.15, 0.2) is 0 Å². The molecule has 2 atom stereocenters. The van der Waals surface area contributed by atoms with E-state index in [1.165, 1.54) is 0 Å². The van der Waals surface area contributed by atoms with Crippen molar-refractivity contribution in [2.75, 3.05) is 26.8 Å². The largest absolute Gasteiger partial charge is 0.497 e. The van der Waals surface area contributed by atoms with Gasteiger partial charge in [0.05, 0.1) is 31.1 Å². The number of ether oxygens (including phenoxy) is 2. The van der Waals surface area contributed by atoms with Crippen LogP contribution in [0.3, 0.4) is 0 Å². The van der Waals surface area contributed by atoms with Crippen LogP contribution in [-0.4, -0.2) is 60.3 Å². The number of nitrogens with zero attached hydrogens (tertiary/aromatic N) is 2. The van der Waals surface area contributed by atoms with Crippen molar-refractivity contribution in [2.24, 2.45) is 5.16 Å². The zero-order valence-electron chi connectivity index (χ0n) is 19.3. The molecule has 2 aromatic rings. The number of rotatable bonds is 10. The van der Waals surface area contributed by atoms with Gasteiger partial charge in [-0.05, 0) is 62.2 Å². The van der Waals surface area contributed by atoms with Gasteiger partial charge in [-0.25, -0.2) is 0 Å². The first kappa shape index (κ1) is 24.5. The Kier molecular flexibility index (Phi) is 8.54. The molecule has 0 fully saturated rings. The third-order valence-electron chi connectivity index (χ3n) is 5.15. The Labute approximate surface area is 195 Å². The maximum absolute atomic E-state index is 10.6. The monoisotopic (exact) mass is 460 g/mol. The Morgan fingerprint density at radius 1 is 1.19 bits per heavy atom. The molecule has 0 radical (unpaired) electrons. The number of hydrogen-bond donors (Lipinski definition) is 1. The summed E-state index contributed by atoms with van der Waals surface area (Å²) in [4.78, 5) is 7.89. The summed E-state index contributed by atoms with van der Waals surface area (Å²) < 4.78 is 11.0. The van der Waals surface area contributed by atoms with Gasteiger partial charge in [0, 0.05) is 31.1 Å². The highest BCUT2D eigenvalue weighted by Gasteiger charge is 2.26. The van der Waals surface area contributed by atoms with Crippen molar-refractivity contribution in [2.45, 2.75) is 51.5 Å². The molecule has 0 bridgehead atoms. The minimum atomic E-state index is -0.625. The Morgan fingerprint density at radius 2 is 1.91 bits per heavy atom. The van der Waals surface area contributed by atoms with Gasteiger partial charge in [-0.15, -0.1) is 0 Å². The standard InChI is InChI=1S/C25H33ClN2O4/c1-25(2,3)31-17-20(29)15-28(14-19-7-5-6-8-23(19)26)16-22-13-24(27-32-22)18-9-11-21(30-4)12-10-18/h5-12,20,22,29H,13-17H2,1-4H3/t20-,22-/m1/s1. The lowest BCUT2D eigenvalue weighted by Crippen LogP contribution is -2.40. The van der Waals surface area contributed by atoms with Crippen molar-refractivity contribution in [3.63, 3.8) is 0 Å². The maximum atomic E-state index is 10.6. The van der Waals surface area contributed by atoms with Gasteiger partial charge in [-0.2, -0.15) is 0 Å². The summed E-state index contributed by atoms with van der Waals surface area (Å²) in [6.07, 6.45) is -0.0367. The Balaban J connectivity index is 1.63. The molecule has 7 heteroatoms. The molecule has 3 rings (SSSR count). The lowest BCUT2D eigenvalue weighted by Gasteiger charge is -2.29. The molecule has 1 N–H and O–H groups in total. The van der Waals surface area contributed by atoms with Crippen LogP contribution in [0.5, 0.6) is 5.75 Å². The van der Waals surface area contributed by atoms with Gasteiger partial charge < -0.3 is 19.4 Å². The zero-order chi connectivity index (χ0) is 23.1. The van der Waals surface area contributed by atoms with Crippen molar-refractivity contribution in [3.05, 3.63) is 64.7 Å². The molecule has 32 heavy (non-hydrogen) atoms. The Bertz CT molecular complexity index is 896. The second-order valence-corrected chi connectivity index (χ2v) is 9.47. The number of methoxy groups -OCH3 is 1. The van der Waals surface area contributed by atoms with Crippen LogP contribution in [0.25, 0.3) is 0 Å². The average Bonchev–Trinajstić information content (AvgIpc) is 3.22. The summed E-state index contributed by atoms with van der Waals surface area (Å²) in [6.45, 7) is 7.86. The van der Waals surface area contributed by atoms with Crippen LogP contribution >= 0.6 is 11.6 Å². The first-order chi connectivity index (χ1) is 15.2. The number of halogens is 1. The maximum Gasteiger partial charge on any atom is 0.145 e. The van der Waals surface area contributed by atoms with E-state index in [4.69, 9.17) is 25.9 Å². The van der Waals surface area contributed by atoms with Crippen LogP contribution in [-0.2, 0) is 16.1 Å². The third-order valence-corrected chi connectivity index (χ3v) is 5.52. The molecule has 0 spiro atoms. The van der Waals surface area contributed by atoms with Crippen molar-refractivity contribution >= 4 is 17.3 Å². The lowest BCUT2D eigenvalue weighted by atomic mass is 10.0. The number of hydrogen-bond acceptors (Lipinski definition) is 6. The summed E-state index contributed by atoms with van der Waals surface area (Å²) in [7, 11) is 1.65. The number of benzene rings is 2. The molecule has 174 valence electrons. The fourth-order valence-electron chi connectivity index (χ4n) is 3.54. The van der Waals surface area contributed by atoms with Crippen molar-refractivity contribution in [3.8, 4) is 5.75 Å². The van der Waals surface area contributed by atoms with Crippen LogP contribution in [0.4, 0.5) is 0 Å². The van der Waals surface area contributed by atoms with E-state index in [0.717, 1.165) is 22.6 Å². The molecule has 6 nitrogen and oxygen atoms in total. The van der Waals surface area contributed by atoms with Crippen molar-refractivity contribution < 1.29 is 19.4 Å². The molecule has 2 aromatic carbocycles.